The van der Waals surface area contributed by atoms with E-state index in [1.165, 1.54) is 32.4 Å². The zero-order valence-corrected chi connectivity index (χ0v) is 14.3. The van der Waals surface area contributed by atoms with Crippen molar-refractivity contribution < 1.29 is 28.7 Å². The highest BCUT2D eigenvalue weighted by Gasteiger charge is 2.59. The highest BCUT2D eigenvalue weighted by molar-refractivity contribution is 6.23. The third-order valence-electron chi connectivity index (χ3n) is 5.49. The molecule has 0 N–H and O–H groups in total. The van der Waals surface area contributed by atoms with Crippen LogP contribution in [0.15, 0.2) is 30.4 Å². The van der Waals surface area contributed by atoms with Crippen molar-refractivity contribution in [3.63, 3.8) is 0 Å². The summed E-state index contributed by atoms with van der Waals surface area (Å²) >= 11 is 0. The average molecular weight is 355 g/mol. The van der Waals surface area contributed by atoms with Crippen LogP contribution in [0, 0.1) is 23.7 Å². The first-order valence-corrected chi connectivity index (χ1v) is 8.34. The quantitative estimate of drug-likeness (QED) is 0.464. The molecule has 1 aromatic carbocycles. The van der Waals surface area contributed by atoms with Crippen molar-refractivity contribution in [2.24, 2.45) is 23.7 Å². The molecule has 1 saturated heterocycles. The molecule has 0 unspecified atom stereocenters. The molecule has 7 heteroatoms. The molecule has 7 nitrogen and oxygen atoms in total. The molecule has 2 aliphatic carbocycles. The first-order valence-electron chi connectivity index (χ1n) is 8.34. The van der Waals surface area contributed by atoms with E-state index in [0.29, 0.717) is 0 Å². The van der Waals surface area contributed by atoms with E-state index in [4.69, 9.17) is 9.47 Å². The van der Waals surface area contributed by atoms with E-state index in [9.17, 15) is 19.2 Å². The molecule has 0 radical (unpaired) electrons. The van der Waals surface area contributed by atoms with Crippen molar-refractivity contribution in [2.45, 2.75) is 6.42 Å². The number of carbonyl (C=O) groups excluding carboxylic acids is 4. The minimum absolute atomic E-state index is 0.0733. The van der Waals surface area contributed by atoms with Gasteiger partial charge in [-0.25, -0.2) is 14.5 Å². The maximum Gasteiger partial charge on any atom is 0.337 e. The van der Waals surface area contributed by atoms with Crippen LogP contribution in [0.25, 0.3) is 0 Å². The van der Waals surface area contributed by atoms with Crippen molar-refractivity contribution in [3.8, 4) is 0 Å². The van der Waals surface area contributed by atoms with Gasteiger partial charge < -0.3 is 9.47 Å². The molecule has 4 atom stereocenters. The second-order valence-electron chi connectivity index (χ2n) is 6.76. The van der Waals surface area contributed by atoms with Crippen molar-refractivity contribution in [1.82, 2.24) is 0 Å². The van der Waals surface area contributed by atoms with Crippen LogP contribution in [-0.2, 0) is 19.1 Å². The van der Waals surface area contributed by atoms with Gasteiger partial charge in [0, 0.05) is 0 Å². The first-order chi connectivity index (χ1) is 12.5. The van der Waals surface area contributed by atoms with Gasteiger partial charge in [-0.2, -0.15) is 0 Å². The van der Waals surface area contributed by atoms with Gasteiger partial charge in [0.1, 0.15) is 0 Å². The number of fused-ring (bicyclic) bond motifs is 5. The molecule has 2 amide bonds. The number of nitrogens with zero attached hydrogens (tertiary/aromatic N) is 1. The largest absolute Gasteiger partial charge is 0.465 e. The number of ether oxygens (including phenoxy) is 2. The van der Waals surface area contributed by atoms with Crippen LogP contribution in [0.4, 0.5) is 5.69 Å². The van der Waals surface area contributed by atoms with Gasteiger partial charge in [0.25, 0.3) is 0 Å². The van der Waals surface area contributed by atoms with Crippen molar-refractivity contribution in [1.29, 1.82) is 0 Å². The van der Waals surface area contributed by atoms with Gasteiger partial charge in [-0.15, -0.1) is 0 Å². The number of carbonyl (C=O) groups is 4. The monoisotopic (exact) mass is 355 g/mol. The number of amides is 2. The third-order valence-corrected chi connectivity index (χ3v) is 5.49. The van der Waals surface area contributed by atoms with Crippen molar-refractivity contribution in [3.05, 3.63) is 41.5 Å². The van der Waals surface area contributed by atoms with Crippen LogP contribution in [0.1, 0.15) is 27.1 Å². The summed E-state index contributed by atoms with van der Waals surface area (Å²) in [7, 11) is 2.43. The fourth-order valence-electron chi connectivity index (χ4n) is 4.37. The molecule has 26 heavy (non-hydrogen) atoms. The lowest BCUT2D eigenvalue weighted by Crippen LogP contribution is -2.33. The predicted octanol–water partition coefficient (Wildman–Crippen LogP) is 1.57. The highest BCUT2D eigenvalue weighted by Crippen LogP contribution is 2.53. The zero-order valence-electron chi connectivity index (χ0n) is 14.3. The second-order valence-corrected chi connectivity index (χ2v) is 6.76. The summed E-state index contributed by atoms with van der Waals surface area (Å²) in [5, 5.41) is 0. The van der Waals surface area contributed by atoms with Crippen LogP contribution >= 0.6 is 0 Å². The van der Waals surface area contributed by atoms with Gasteiger partial charge in [0.15, 0.2) is 0 Å². The first kappa shape index (κ1) is 16.5. The smallest absolute Gasteiger partial charge is 0.337 e. The van der Waals surface area contributed by atoms with Crippen LogP contribution in [0.2, 0.25) is 0 Å². The molecule has 134 valence electrons. The number of rotatable bonds is 3. The number of benzene rings is 1. The van der Waals surface area contributed by atoms with E-state index in [-0.39, 0.29) is 52.3 Å². The van der Waals surface area contributed by atoms with E-state index < -0.39 is 11.9 Å². The SMILES string of the molecule is COC(=O)c1cc(C(=O)OC)cc(N2C(=O)[C@@H]3[C@@H](C2=O)[C@H]2C=C[C@@H]3C2)c1. The highest BCUT2D eigenvalue weighted by atomic mass is 16.5. The second kappa shape index (κ2) is 5.79. The summed E-state index contributed by atoms with van der Waals surface area (Å²) in [6.45, 7) is 0. The molecule has 1 heterocycles. The topological polar surface area (TPSA) is 90.0 Å². The lowest BCUT2D eigenvalue weighted by molar-refractivity contribution is -0.123. The molecule has 0 aromatic heterocycles. The number of imide groups is 1. The fourth-order valence-corrected chi connectivity index (χ4v) is 4.37. The van der Waals surface area contributed by atoms with Gasteiger partial charge in [-0.05, 0) is 36.5 Å². The number of hydrogen-bond acceptors (Lipinski definition) is 6. The predicted molar refractivity (Wildman–Crippen MR) is 89.3 cm³/mol. The number of esters is 2. The summed E-state index contributed by atoms with van der Waals surface area (Å²) < 4.78 is 9.41. The minimum atomic E-state index is -0.668. The van der Waals surface area contributed by atoms with E-state index in [0.717, 1.165) is 11.3 Å². The van der Waals surface area contributed by atoms with Gasteiger partial charge in [0.05, 0.1) is 42.9 Å². The fraction of sp³-hybridized carbons (Fsp3) is 0.368. The Morgan fingerprint density at radius 3 is 1.77 bits per heavy atom. The van der Waals surface area contributed by atoms with E-state index >= 15 is 0 Å². The molecule has 2 fully saturated rings. The molecule has 1 aliphatic heterocycles. The van der Waals surface area contributed by atoms with Gasteiger partial charge >= 0.3 is 11.9 Å². The van der Waals surface area contributed by atoms with Crippen molar-refractivity contribution >= 4 is 29.4 Å². The Bertz CT molecular complexity index is 809. The molecule has 4 rings (SSSR count). The Morgan fingerprint density at radius 1 is 0.885 bits per heavy atom. The molecular formula is C19H17NO6. The summed E-state index contributed by atoms with van der Waals surface area (Å²) in [6.07, 6.45) is 4.84. The number of allylic oxidation sites excluding steroid dienone is 2. The molecule has 2 bridgehead atoms. The molecule has 1 aromatic rings. The summed E-state index contributed by atoms with van der Waals surface area (Å²) in [4.78, 5) is 50.8. The maximum absolute atomic E-state index is 12.9. The molecule has 1 saturated carbocycles. The van der Waals surface area contributed by atoms with Crippen LogP contribution in [0.3, 0.4) is 0 Å². The standard InChI is InChI=1S/C19H17NO6/c1-25-18(23)11-6-12(19(24)26-2)8-13(7-11)20-16(21)14-9-3-4-10(5-9)15(14)17(20)22/h3-4,6-10,14-15H,5H2,1-2H3/t9-,10+,14-,15-/m0/s1. The average Bonchev–Trinajstić information content (AvgIpc) is 3.33. The Kier molecular flexibility index (Phi) is 3.68. The van der Waals surface area contributed by atoms with Crippen LogP contribution in [0.5, 0.6) is 0 Å². The van der Waals surface area contributed by atoms with E-state index in [1.54, 1.807) is 0 Å². The Hall–Kier alpha value is -2.96. The molecular weight excluding hydrogens is 338 g/mol. The normalized spacial score (nSPS) is 28.5. The van der Waals surface area contributed by atoms with E-state index in [1.807, 2.05) is 12.2 Å². The van der Waals surface area contributed by atoms with Crippen LogP contribution < -0.4 is 4.90 Å². The lowest BCUT2D eigenvalue weighted by atomic mass is 9.85. The minimum Gasteiger partial charge on any atom is -0.465 e. The lowest BCUT2D eigenvalue weighted by Gasteiger charge is -2.18. The maximum atomic E-state index is 12.9. The van der Waals surface area contributed by atoms with Crippen LogP contribution in [-0.4, -0.2) is 38.0 Å². The van der Waals surface area contributed by atoms with Gasteiger partial charge in [-0.1, -0.05) is 12.2 Å². The van der Waals surface area contributed by atoms with Crippen molar-refractivity contribution in [2.75, 3.05) is 19.1 Å². The Morgan fingerprint density at radius 2 is 1.35 bits per heavy atom. The van der Waals surface area contributed by atoms with Gasteiger partial charge in [-0.3, -0.25) is 9.59 Å². The third kappa shape index (κ3) is 2.20. The summed E-state index contributed by atoms with van der Waals surface area (Å²) in [6, 6.07) is 4.10. The number of hydrogen-bond donors (Lipinski definition) is 0. The summed E-state index contributed by atoms with van der Waals surface area (Å²) in [5.74, 6) is -2.47. The molecule has 3 aliphatic rings. The number of anilines is 1. The number of methoxy groups -OCH3 is 2. The van der Waals surface area contributed by atoms with E-state index in [2.05, 4.69) is 0 Å². The summed E-state index contributed by atoms with van der Waals surface area (Å²) in [5.41, 5.74) is 0.338. The zero-order chi connectivity index (χ0) is 18.6. The Balaban J connectivity index is 1.78. The van der Waals surface area contributed by atoms with Gasteiger partial charge in [0.2, 0.25) is 11.8 Å². The Labute approximate surface area is 149 Å². The molecule has 0 spiro atoms.